The highest BCUT2D eigenvalue weighted by atomic mass is 35.5. The summed E-state index contributed by atoms with van der Waals surface area (Å²) in [6, 6.07) is 12.4. The normalized spacial score (nSPS) is 14.0. The van der Waals surface area contributed by atoms with E-state index in [-0.39, 0.29) is 4.90 Å². The number of hydrogen-bond acceptors (Lipinski definition) is 2. The van der Waals surface area contributed by atoms with Gasteiger partial charge in [-0.05, 0) is 79.1 Å². The van der Waals surface area contributed by atoms with Crippen LogP contribution >= 0.6 is 11.6 Å². The number of halogens is 1. The lowest BCUT2D eigenvalue weighted by Crippen LogP contribution is -2.14. The number of aryl methyl sites for hydroxylation is 1. The van der Waals surface area contributed by atoms with Gasteiger partial charge in [0.05, 0.1) is 10.6 Å². The van der Waals surface area contributed by atoms with Crippen LogP contribution < -0.4 is 4.72 Å². The zero-order chi connectivity index (χ0) is 20.0. The molecule has 0 bridgehead atoms. The molecule has 1 aliphatic carbocycles. The Hall–Kier alpha value is -2.04. The van der Waals surface area contributed by atoms with Crippen LogP contribution in [-0.4, -0.2) is 8.42 Å². The minimum absolute atomic E-state index is 0.269. The molecule has 0 saturated carbocycles. The fraction of sp³-hybridized carbons (Fsp3) is 0.304. The molecule has 0 heterocycles. The lowest BCUT2D eigenvalue weighted by molar-refractivity contribution is 0.601. The van der Waals surface area contributed by atoms with Gasteiger partial charge < -0.3 is 0 Å². The topological polar surface area (TPSA) is 46.2 Å². The predicted molar refractivity (Wildman–Crippen MR) is 117 cm³/mol. The molecule has 0 spiro atoms. The van der Waals surface area contributed by atoms with E-state index in [1.165, 1.54) is 5.57 Å². The van der Waals surface area contributed by atoms with Gasteiger partial charge in [0.15, 0.2) is 0 Å². The Morgan fingerprint density at radius 3 is 2.54 bits per heavy atom. The zero-order valence-electron chi connectivity index (χ0n) is 16.1. The van der Waals surface area contributed by atoms with Gasteiger partial charge in [-0.2, -0.15) is 0 Å². The second-order valence-electron chi connectivity index (χ2n) is 7.09. The van der Waals surface area contributed by atoms with Gasteiger partial charge >= 0.3 is 0 Å². The maximum Gasteiger partial charge on any atom is 0.261 e. The number of sulfonamides is 1. The molecule has 0 fully saturated rings. The molecule has 0 radical (unpaired) electrons. The molecule has 0 unspecified atom stereocenters. The number of rotatable bonds is 8. The van der Waals surface area contributed by atoms with E-state index in [4.69, 9.17) is 11.6 Å². The summed E-state index contributed by atoms with van der Waals surface area (Å²) in [5.74, 6) is 0. The summed E-state index contributed by atoms with van der Waals surface area (Å²) < 4.78 is 28.5. The van der Waals surface area contributed by atoms with Crippen molar-refractivity contribution in [2.75, 3.05) is 4.72 Å². The highest BCUT2D eigenvalue weighted by molar-refractivity contribution is 7.92. The van der Waals surface area contributed by atoms with E-state index in [9.17, 15) is 8.42 Å². The van der Waals surface area contributed by atoms with Crippen LogP contribution in [0, 0.1) is 0 Å². The van der Waals surface area contributed by atoms with Gasteiger partial charge in [-0.25, -0.2) is 8.42 Å². The Balaban J connectivity index is 1.81. The molecule has 2 aromatic rings. The number of allylic oxidation sites excluding steroid dienone is 4. The summed E-state index contributed by atoms with van der Waals surface area (Å²) in [6.07, 6.45) is 12.3. The van der Waals surface area contributed by atoms with E-state index in [1.54, 1.807) is 24.3 Å². The zero-order valence-corrected chi connectivity index (χ0v) is 17.7. The maximum atomic E-state index is 12.9. The predicted octanol–water partition coefficient (Wildman–Crippen LogP) is 6.30. The number of benzene rings is 2. The van der Waals surface area contributed by atoms with E-state index in [0.29, 0.717) is 17.1 Å². The highest BCUT2D eigenvalue weighted by Crippen LogP contribution is 2.27. The molecule has 0 atom stereocenters. The van der Waals surface area contributed by atoms with Gasteiger partial charge in [0, 0.05) is 5.02 Å². The third-order valence-electron chi connectivity index (χ3n) is 4.83. The molecule has 5 heteroatoms. The lowest BCUT2D eigenvalue weighted by atomic mass is 9.99. The first-order chi connectivity index (χ1) is 13.5. The minimum Gasteiger partial charge on any atom is -0.279 e. The monoisotopic (exact) mass is 415 g/mol. The molecule has 1 aliphatic rings. The third-order valence-corrected chi connectivity index (χ3v) is 6.45. The first kappa shape index (κ1) is 20.7. The van der Waals surface area contributed by atoms with Crippen molar-refractivity contribution in [2.24, 2.45) is 0 Å². The molecule has 1 N–H and O–H groups in total. The Morgan fingerprint density at radius 1 is 1.07 bits per heavy atom. The van der Waals surface area contributed by atoms with E-state index < -0.39 is 10.0 Å². The van der Waals surface area contributed by atoms with Crippen LogP contribution in [0.5, 0.6) is 0 Å². The average Bonchev–Trinajstić information content (AvgIpc) is 2.69. The average molecular weight is 416 g/mol. The Kier molecular flexibility index (Phi) is 6.97. The van der Waals surface area contributed by atoms with Crippen molar-refractivity contribution in [3.8, 4) is 0 Å². The highest BCUT2D eigenvalue weighted by Gasteiger charge is 2.17. The fourth-order valence-electron chi connectivity index (χ4n) is 3.25. The Bertz CT molecular complexity index is 976. The molecule has 0 aromatic heterocycles. The molecule has 3 nitrogen and oxygen atoms in total. The SMILES string of the molecule is CCCCc1ccc(S(=O)(=O)Nc2ccc(Cl)cc2CC2=CCCC=C2)cc1. The molecule has 28 heavy (non-hydrogen) atoms. The minimum atomic E-state index is -3.66. The molecule has 3 rings (SSSR count). The van der Waals surface area contributed by atoms with Crippen LogP contribution in [0.1, 0.15) is 43.7 Å². The largest absolute Gasteiger partial charge is 0.279 e. The van der Waals surface area contributed by atoms with Crippen LogP contribution in [-0.2, 0) is 22.9 Å². The van der Waals surface area contributed by atoms with Gasteiger partial charge in [0.25, 0.3) is 10.0 Å². The number of hydrogen-bond donors (Lipinski definition) is 1. The van der Waals surface area contributed by atoms with Gasteiger partial charge in [-0.15, -0.1) is 0 Å². The van der Waals surface area contributed by atoms with Crippen molar-refractivity contribution in [1.29, 1.82) is 0 Å². The van der Waals surface area contributed by atoms with Crippen molar-refractivity contribution in [3.63, 3.8) is 0 Å². The molecule has 0 amide bonds. The second kappa shape index (κ2) is 9.44. The quantitative estimate of drug-likeness (QED) is 0.549. The van der Waals surface area contributed by atoms with Gasteiger partial charge in [-0.1, -0.05) is 55.3 Å². The van der Waals surface area contributed by atoms with E-state index in [0.717, 1.165) is 43.2 Å². The van der Waals surface area contributed by atoms with Gasteiger partial charge in [0.1, 0.15) is 0 Å². The Labute approximate surface area is 173 Å². The molecule has 148 valence electrons. The molecule has 0 saturated heterocycles. The molecular formula is C23H26ClNO2S. The summed E-state index contributed by atoms with van der Waals surface area (Å²) in [5.41, 5.74) is 3.77. The molecule has 0 aliphatic heterocycles. The number of anilines is 1. The fourth-order valence-corrected chi connectivity index (χ4v) is 4.54. The standard InChI is InChI=1S/C23H26ClNO2S/c1-2-3-7-18-10-13-22(14-11-18)28(26,27)25-23-15-12-21(24)17-20(23)16-19-8-5-4-6-9-19/h5,8-15,17,25H,2-4,6-7,16H2,1H3. The van der Waals surface area contributed by atoms with Crippen LogP contribution in [0.4, 0.5) is 5.69 Å². The van der Waals surface area contributed by atoms with Crippen molar-refractivity contribution in [1.82, 2.24) is 0 Å². The maximum absolute atomic E-state index is 12.9. The van der Waals surface area contributed by atoms with Gasteiger partial charge in [-0.3, -0.25) is 4.72 Å². The van der Waals surface area contributed by atoms with Crippen molar-refractivity contribution >= 4 is 27.3 Å². The smallest absolute Gasteiger partial charge is 0.261 e. The summed E-state index contributed by atoms with van der Waals surface area (Å²) in [7, 11) is -3.66. The van der Waals surface area contributed by atoms with Crippen molar-refractivity contribution < 1.29 is 8.42 Å². The van der Waals surface area contributed by atoms with Crippen molar-refractivity contribution in [3.05, 3.63) is 82.4 Å². The van der Waals surface area contributed by atoms with Crippen LogP contribution in [0.3, 0.4) is 0 Å². The summed E-state index contributed by atoms with van der Waals surface area (Å²) in [5, 5.41) is 0.596. The number of nitrogens with one attached hydrogen (secondary N) is 1. The summed E-state index contributed by atoms with van der Waals surface area (Å²) in [6.45, 7) is 2.14. The van der Waals surface area contributed by atoms with E-state index in [2.05, 4.69) is 29.9 Å². The summed E-state index contributed by atoms with van der Waals surface area (Å²) >= 11 is 6.17. The first-order valence-corrected chi connectivity index (χ1v) is 11.6. The van der Waals surface area contributed by atoms with Crippen LogP contribution in [0.25, 0.3) is 0 Å². The van der Waals surface area contributed by atoms with Gasteiger partial charge in [0.2, 0.25) is 0 Å². The number of unbranched alkanes of at least 4 members (excludes halogenated alkanes) is 1. The lowest BCUT2D eigenvalue weighted by Gasteiger charge is -2.15. The third kappa shape index (κ3) is 5.49. The van der Waals surface area contributed by atoms with E-state index >= 15 is 0 Å². The van der Waals surface area contributed by atoms with Crippen LogP contribution in [0.2, 0.25) is 5.02 Å². The van der Waals surface area contributed by atoms with Crippen molar-refractivity contribution in [2.45, 2.75) is 50.3 Å². The van der Waals surface area contributed by atoms with E-state index in [1.807, 2.05) is 18.2 Å². The summed E-state index contributed by atoms with van der Waals surface area (Å²) in [4.78, 5) is 0.269. The molecule has 2 aromatic carbocycles. The second-order valence-corrected chi connectivity index (χ2v) is 9.21. The molecular weight excluding hydrogens is 390 g/mol. The van der Waals surface area contributed by atoms with Crippen LogP contribution in [0.15, 0.2) is 71.2 Å². The first-order valence-electron chi connectivity index (χ1n) is 9.73. The Morgan fingerprint density at radius 2 is 1.86 bits per heavy atom.